The second-order valence-electron chi connectivity index (χ2n) is 17.0. The van der Waals surface area contributed by atoms with Crippen molar-refractivity contribution >= 4 is 79.9 Å². The van der Waals surface area contributed by atoms with E-state index >= 15 is 8.78 Å². The number of aryl methyl sites for hydroxylation is 1. The number of carbonyl (C=O) groups is 2. The monoisotopic (exact) mass is 961 g/mol. The average molecular weight is 963 g/mol. The van der Waals surface area contributed by atoms with Crippen molar-refractivity contribution in [3.63, 3.8) is 0 Å². The lowest BCUT2D eigenvalue weighted by Crippen LogP contribution is -2.53. The minimum absolute atomic E-state index is 0.0586. The van der Waals surface area contributed by atoms with Gasteiger partial charge in [-0.1, -0.05) is 6.92 Å². The lowest BCUT2D eigenvalue weighted by Gasteiger charge is -2.43. The summed E-state index contributed by atoms with van der Waals surface area (Å²) in [6, 6.07) is 12.2. The summed E-state index contributed by atoms with van der Waals surface area (Å²) in [4.78, 5) is 44.6. The van der Waals surface area contributed by atoms with E-state index in [2.05, 4.69) is 75.6 Å². The van der Waals surface area contributed by atoms with Gasteiger partial charge >= 0.3 is 0 Å². The molecule has 1 unspecified atom stereocenters. The SMILES string of the molecule is CCc1cc(Nc2ncc(Br)c(Nc3ccc4ncc(F)cc4c3P(C)(C)=O)n2)c(OC)cc1N1CCC(N2CCN(CCc3cc(F)c(C4CCC(=O)NC4=O)c(F)c3)CC2)CC1. The van der Waals surface area contributed by atoms with Gasteiger partial charge in [0.2, 0.25) is 17.8 Å². The van der Waals surface area contributed by atoms with Crippen molar-refractivity contribution in [3.05, 3.63) is 93.5 Å². The predicted octanol–water partition coefficient (Wildman–Crippen LogP) is 7.86. The van der Waals surface area contributed by atoms with E-state index in [1.54, 1.807) is 38.8 Å². The molecule has 3 aliphatic rings. The first-order valence-electron chi connectivity index (χ1n) is 21.6. The number of benzene rings is 3. The van der Waals surface area contributed by atoms with Crippen LogP contribution in [-0.4, -0.2) is 109 Å². The van der Waals surface area contributed by atoms with Gasteiger partial charge in [0.15, 0.2) is 0 Å². The molecule has 18 heteroatoms. The molecule has 0 radical (unpaired) electrons. The van der Waals surface area contributed by atoms with Crippen molar-refractivity contribution in [1.82, 2.24) is 30.1 Å². The zero-order valence-electron chi connectivity index (χ0n) is 36.3. The Bertz CT molecular complexity index is 2610. The maximum atomic E-state index is 15.1. The van der Waals surface area contributed by atoms with Gasteiger partial charge in [0.1, 0.15) is 36.2 Å². The minimum atomic E-state index is -2.91. The Kier molecular flexibility index (Phi) is 13.6. The van der Waals surface area contributed by atoms with Crippen LogP contribution in [0, 0.1) is 17.5 Å². The van der Waals surface area contributed by atoms with Crippen molar-refractivity contribution in [3.8, 4) is 5.75 Å². The zero-order chi connectivity index (χ0) is 45.3. The fraction of sp³-hybridized carbons (Fsp3) is 0.413. The van der Waals surface area contributed by atoms with Crippen LogP contribution >= 0.6 is 23.1 Å². The molecule has 5 aromatic rings. The van der Waals surface area contributed by atoms with E-state index < -0.39 is 42.3 Å². The largest absolute Gasteiger partial charge is 0.494 e. The highest BCUT2D eigenvalue weighted by atomic mass is 79.9. The Morgan fingerprint density at radius 1 is 0.906 bits per heavy atom. The first-order valence-corrected chi connectivity index (χ1v) is 25.0. The number of pyridine rings is 1. The number of nitrogens with one attached hydrogen (secondary N) is 3. The third-order valence-electron chi connectivity index (χ3n) is 12.5. The molecule has 13 nitrogen and oxygen atoms in total. The molecule has 5 heterocycles. The van der Waals surface area contributed by atoms with Crippen molar-refractivity contribution in [2.24, 2.45) is 0 Å². The number of piperazine rings is 1. The van der Waals surface area contributed by atoms with Crippen LogP contribution in [0.1, 0.15) is 55.2 Å². The van der Waals surface area contributed by atoms with E-state index in [1.807, 2.05) is 0 Å². The van der Waals surface area contributed by atoms with Gasteiger partial charge in [0.05, 0.1) is 40.6 Å². The number of methoxy groups -OCH3 is 1. The topological polar surface area (TPSA) is 145 Å². The normalized spacial score (nSPS) is 18.1. The fourth-order valence-corrected chi connectivity index (χ4v) is 11.0. The number of fused-ring (bicyclic) bond motifs is 1. The molecule has 0 aliphatic carbocycles. The quantitative estimate of drug-likeness (QED) is 0.0781. The first-order chi connectivity index (χ1) is 30.7. The summed E-state index contributed by atoms with van der Waals surface area (Å²) in [5.74, 6) is -2.68. The number of ether oxygens (including phenoxy) is 1. The van der Waals surface area contributed by atoms with E-state index in [0.29, 0.717) is 74.1 Å². The van der Waals surface area contributed by atoms with Crippen LogP contribution in [0.2, 0.25) is 0 Å². The molecule has 0 saturated carbocycles. The summed E-state index contributed by atoms with van der Waals surface area (Å²) in [7, 11) is -1.27. The maximum Gasteiger partial charge on any atom is 0.234 e. The number of halogens is 4. The highest BCUT2D eigenvalue weighted by Gasteiger charge is 2.33. The molecular weight excluding hydrogens is 910 g/mol. The highest BCUT2D eigenvalue weighted by Crippen LogP contribution is 2.42. The summed E-state index contributed by atoms with van der Waals surface area (Å²) >= 11 is 3.55. The van der Waals surface area contributed by atoms with E-state index in [-0.39, 0.29) is 18.4 Å². The Labute approximate surface area is 379 Å². The molecule has 8 rings (SSSR count). The van der Waals surface area contributed by atoms with Gasteiger partial charge in [-0.3, -0.25) is 24.8 Å². The number of anilines is 5. The van der Waals surface area contributed by atoms with Crippen LogP contribution in [0.25, 0.3) is 10.9 Å². The number of hydrogen-bond donors (Lipinski definition) is 3. The van der Waals surface area contributed by atoms with Crippen LogP contribution in [0.5, 0.6) is 5.75 Å². The van der Waals surface area contributed by atoms with Gasteiger partial charge in [-0.15, -0.1) is 0 Å². The molecule has 3 N–H and O–H groups in total. The van der Waals surface area contributed by atoms with Crippen LogP contribution in [0.4, 0.5) is 42.0 Å². The molecule has 64 heavy (non-hydrogen) atoms. The number of nitrogens with zero attached hydrogens (tertiary/aromatic N) is 6. The van der Waals surface area contributed by atoms with Gasteiger partial charge in [-0.2, -0.15) is 4.98 Å². The van der Waals surface area contributed by atoms with E-state index in [1.165, 1.54) is 18.2 Å². The molecular formula is C46H52BrF3N9O4P. The third kappa shape index (κ3) is 9.92. The summed E-state index contributed by atoms with van der Waals surface area (Å²) in [6.45, 7) is 11.5. The van der Waals surface area contributed by atoms with Gasteiger partial charge < -0.3 is 29.7 Å². The molecule has 0 spiro atoms. The number of imide groups is 1. The standard InChI is InChI=1S/C46H52BrF3N9O4P/c1-5-28-22-38(54-46-52-26-33(47)44(56-46)53-37-8-7-36-32(23-29(48)25-51-36)43(37)64(3,4)62)40(63-2)24-39(28)59-14-11-30(12-15-59)58-18-16-57(17-19-58)13-10-27-20-34(49)42(35(50)21-27)31-6-9-41(60)55-45(31)61/h7-8,20-26,30-31H,5-6,9-19H2,1-4H3,(H,55,60,61)(H2,52,53,54,56). The summed E-state index contributed by atoms with van der Waals surface area (Å²) in [5.41, 5.74) is 4.35. The summed E-state index contributed by atoms with van der Waals surface area (Å²) < 4.78 is 64.5. The lowest BCUT2D eigenvalue weighted by atomic mass is 9.89. The van der Waals surface area contributed by atoms with Crippen LogP contribution < -0.4 is 30.9 Å². The summed E-state index contributed by atoms with van der Waals surface area (Å²) in [5, 5.41) is 9.79. The Morgan fingerprint density at radius 3 is 2.31 bits per heavy atom. The number of aromatic nitrogens is 3. The molecule has 0 bridgehead atoms. The molecule has 1 atom stereocenters. The number of rotatable bonds is 13. The predicted molar refractivity (Wildman–Crippen MR) is 248 cm³/mol. The number of hydrogen-bond acceptors (Lipinski definition) is 12. The fourth-order valence-electron chi connectivity index (χ4n) is 9.25. The average Bonchev–Trinajstić information content (AvgIpc) is 3.26. The maximum absolute atomic E-state index is 15.1. The number of amides is 2. The molecule has 3 saturated heterocycles. The van der Waals surface area contributed by atoms with Gasteiger partial charge in [0, 0.05) is 92.5 Å². The third-order valence-corrected chi connectivity index (χ3v) is 14.7. The van der Waals surface area contributed by atoms with Crippen molar-refractivity contribution < 1.29 is 32.1 Å². The number of carbonyl (C=O) groups excluding carboxylic acids is 2. The van der Waals surface area contributed by atoms with Crippen molar-refractivity contribution in [2.45, 2.75) is 57.4 Å². The second-order valence-corrected chi connectivity index (χ2v) is 21.0. The summed E-state index contributed by atoms with van der Waals surface area (Å²) in [6.07, 6.45) is 6.24. The Morgan fingerprint density at radius 2 is 1.64 bits per heavy atom. The molecule has 3 aromatic carbocycles. The first kappa shape index (κ1) is 45.5. The second kappa shape index (κ2) is 19.2. The highest BCUT2D eigenvalue weighted by molar-refractivity contribution is 9.10. The van der Waals surface area contributed by atoms with Crippen molar-refractivity contribution in [2.75, 3.05) is 81.8 Å². The van der Waals surface area contributed by atoms with E-state index in [9.17, 15) is 18.5 Å². The molecule has 3 fully saturated rings. The Balaban J connectivity index is 0.873. The van der Waals surface area contributed by atoms with E-state index in [0.717, 1.165) is 76.0 Å². The van der Waals surface area contributed by atoms with E-state index in [4.69, 9.17) is 9.72 Å². The number of piperidine rings is 2. The molecule has 2 aromatic heterocycles. The zero-order valence-corrected chi connectivity index (χ0v) is 38.8. The van der Waals surface area contributed by atoms with Gasteiger partial charge in [0.25, 0.3) is 0 Å². The van der Waals surface area contributed by atoms with Crippen LogP contribution in [0.3, 0.4) is 0 Å². The van der Waals surface area contributed by atoms with Gasteiger partial charge in [-0.25, -0.2) is 18.2 Å². The van der Waals surface area contributed by atoms with Crippen LogP contribution in [-0.2, 0) is 27.0 Å². The minimum Gasteiger partial charge on any atom is -0.494 e. The van der Waals surface area contributed by atoms with Crippen LogP contribution in [0.15, 0.2) is 59.3 Å². The molecule has 3 aliphatic heterocycles. The lowest BCUT2D eigenvalue weighted by molar-refractivity contribution is -0.134. The Hall–Kier alpha value is -5.09. The van der Waals surface area contributed by atoms with Crippen molar-refractivity contribution in [1.29, 1.82) is 0 Å². The smallest absolute Gasteiger partial charge is 0.234 e. The van der Waals surface area contributed by atoms with Gasteiger partial charge in [-0.05, 0) is 109 Å². The molecule has 2 amide bonds. The molecule has 338 valence electrons.